The summed E-state index contributed by atoms with van der Waals surface area (Å²) in [6, 6.07) is 2.67. The molecule has 15 heavy (non-hydrogen) atoms. The number of nitrogen functional groups attached to an aromatic ring is 1. The Bertz CT molecular complexity index is 382. The lowest BCUT2D eigenvalue weighted by Crippen LogP contribution is -2.09. The first-order valence-corrected chi connectivity index (χ1v) is 5.23. The second-order valence-corrected chi connectivity index (χ2v) is 3.80. The molecule has 0 aliphatic carbocycles. The summed E-state index contributed by atoms with van der Waals surface area (Å²) in [5.41, 5.74) is 6.22. The van der Waals surface area contributed by atoms with E-state index in [1.54, 1.807) is 6.92 Å². The molecule has 0 bridgehead atoms. The summed E-state index contributed by atoms with van der Waals surface area (Å²) in [4.78, 5) is 11.1. The minimum absolute atomic E-state index is 0.100. The van der Waals surface area contributed by atoms with Gasteiger partial charge in [-0.05, 0) is 35.0 Å². The summed E-state index contributed by atoms with van der Waals surface area (Å²) in [7, 11) is 0. The molecule has 1 aromatic carbocycles. The highest BCUT2D eigenvalue weighted by molar-refractivity contribution is 9.10. The number of rotatable bonds is 3. The fourth-order valence-electron chi connectivity index (χ4n) is 1.12. The molecular weight excluding hydrogens is 265 g/mol. The average Bonchev–Trinajstić information content (AvgIpc) is 2.14. The van der Waals surface area contributed by atoms with Crippen molar-refractivity contribution in [3.05, 3.63) is 28.0 Å². The van der Waals surface area contributed by atoms with Crippen molar-refractivity contribution in [1.29, 1.82) is 0 Å². The first-order chi connectivity index (χ1) is 7.04. The van der Waals surface area contributed by atoms with Crippen LogP contribution in [0.25, 0.3) is 0 Å². The Morgan fingerprint density at radius 3 is 2.87 bits per heavy atom. The summed E-state index contributed by atoms with van der Waals surface area (Å²) >= 11 is 3.10. The minimum atomic E-state index is -0.468. The van der Waals surface area contributed by atoms with Crippen molar-refractivity contribution in [3.63, 3.8) is 0 Å². The lowest BCUT2D eigenvalue weighted by atomic mass is 10.1. The van der Waals surface area contributed by atoms with E-state index in [9.17, 15) is 9.18 Å². The van der Waals surface area contributed by atoms with Gasteiger partial charge in [0, 0.05) is 15.7 Å². The molecule has 0 amide bonds. The van der Waals surface area contributed by atoms with Gasteiger partial charge in [-0.3, -0.25) is 4.79 Å². The molecule has 2 N–H and O–H groups in total. The zero-order chi connectivity index (χ0) is 11.4. The van der Waals surface area contributed by atoms with Gasteiger partial charge in [-0.25, -0.2) is 4.39 Å². The van der Waals surface area contributed by atoms with E-state index in [1.807, 2.05) is 0 Å². The second kappa shape index (κ2) is 5.11. The SMILES string of the molecule is CCOC(=O)Cc1cc(N)c(Br)cc1F. The molecule has 82 valence electrons. The van der Waals surface area contributed by atoms with Crippen molar-refractivity contribution < 1.29 is 13.9 Å². The van der Waals surface area contributed by atoms with Crippen LogP contribution in [0, 0.1) is 5.82 Å². The Morgan fingerprint density at radius 1 is 1.60 bits per heavy atom. The maximum atomic E-state index is 13.3. The van der Waals surface area contributed by atoms with E-state index in [1.165, 1.54) is 12.1 Å². The Hall–Kier alpha value is -1.10. The smallest absolute Gasteiger partial charge is 0.310 e. The van der Waals surface area contributed by atoms with Gasteiger partial charge in [0.2, 0.25) is 0 Å². The number of carbonyl (C=O) groups is 1. The zero-order valence-corrected chi connectivity index (χ0v) is 9.80. The summed E-state index contributed by atoms with van der Waals surface area (Å²) < 4.78 is 18.5. The van der Waals surface area contributed by atoms with Crippen molar-refractivity contribution in [1.82, 2.24) is 0 Å². The average molecular weight is 276 g/mol. The van der Waals surface area contributed by atoms with E-state index in [4.69, 9.17) is 10.5 Å². The van der Waals surface area contributed by atoms with Crippen LogP contribution < -0.4 is 5.73 Å². The zero-order valence-electron chi connectivity index (χ0n) is 8.22. The van der Waals surface area contributed by atoms with Crippen LogP contribution in [0.2, 0.25) is 0 Å². The van der Waals surface area contributed by atoms with Crippen LogP contribution in [-0.4, -0.2) is 12.6 Å². The van der Waals surface area contributed by atoms with Gasteiger partial charge in [0.05, 0.1) is 13.0 Å². The lowest BCUT2D eigenvalue weighted by Gasteiger charge is -2.06. The summed E-state index contributed by atoms with van der Waals surface area (Å²) in [6.45, 7) is 1.98. The molecule has 0 heterocycles. The first kappa shape index (κ1) is 12.0. The molecule has 0 aliphatic heterocycles. The summed E-state index contributed by atoms with van der Waals surface area (Å²) in [6.07, 6.45) is -0.100. The molecule has 0 unspecified atom stereocenters. The van der Waals surface area contributed by atoms with Crippen molar-refractivity contribution in [2.75, 3.05) is 12.3 Å². The number of halogens is 2. The lowest BCUT2D eigenvalue weighted by molar-refractivity contribution is -0.142. The molecule has 0 aromatic heterocycles. The summed E-state index contributed by atoms with van der Waals surface area (Å²) in [5.74, 6) is -0.928. The molecule has 0 radical (unpaired) electrons. The number of nitrogens with two attached hydrogens (primary N) is 1. The number of anilines is 1. The van der Waals surface area contributed by atoms with Gasteiger partial charge in [0.25, 0.3) is 0 Å². The summed E-state index contributed by atoms with van der Waals surface area (Å²) in [5, 5.41) is 0. The van der Waals surface area contributed by atoms with Gasteiger partial charge in [0.15, 0.2) is 0 Å². The highest BCUT2D eigenvalue weighted by Gasteiger charge is 2.11. The fraction of sp³-hybridized carbons (Fsp3) is 0.300. The van der Waals surface area contributed by atoms with Crippen molar-refractivity contribution in [2.24, 2.45) is 0 Å². The van der Waals surface area contributed by atoms with Crippen LogP contribution in [0.4, 0.5) is 10.1 Å². The molecule has 0 saturated heterocycles. The first-order valence-electron chi connectivity index (χ1n) is 4.43. The highest BCUT2D eigenvalue weighted by Crippen LogP contribution is 2.23. The van der Waals surface area contributed by atoms with Gasteiger partial charge in [0.1, 0.15) is 5.82 Å². The second-order valence-electron chi connectivity index (χ2n) is 2.95. The normalized spacial score (nSPS) is 10.1. The molecule has 0 spiro atoms. The van der Waals surface area contributed by atoms with Gasteiger partial charge in [-0.1, -0.05) is 0 Å². The van der Waals surface area contributed by atoms with Crippen LogP contribution in [0.15, 0.2) is 16.6 Å². The van der Waals surface area contributed by atoms with Gasteiger partial charge < -0.3 is 10.5 Å². The van der Waals surface area contributed by atoms with Crippen LogP contribution in [0.1, 0.15) is 12.5 Å². The topological polar surface area (TPSA) is 52.3 Å². The van der Waals surface area contributed by atoms with E-state index in [0.29, 0.717) is 10.2 Å². The maximum absolute atomic E-state index is 13.3. The number of hydrogen-bond acceptors (Lipinski definition) is 3. The largest absolute Gasteiger partial charge is 0.466 e. The predicted molar refractivity (Wildman–Crippen MR) is 58.8 cm³/mol. The van der Waals surface area contributed by atoms with Crippen LogP contribution in [0.3, 0.4) is 0 Å². The Kier molecular flexibility index (Phi) is 4.08. The van der Waals surface area contributed by atoms with E-state index in [0.717, 1.165) is 0 Å². The van der Waals surface area contributed by atoms with E-state index >= 15 is 0 Å². The molecule has 1 aromatic rings. The maximum Gasteiger partial charge on any atom is 0.310 e. The number of carbonyl (C=O) groups excluding carboxylic acids is 1. The molecular formula is C10H11BrFNO2. The van der Waals surface area contributed by atoms with Gasteiger partial charge in [-0.2, -0.15) is 0 Å². The molecule has 0 atom stereocenters. The Balaban J connectivity index is 2.86. The van der Waals surface area contributed by atoms with Gasteiger partial charge >= 0.3 is 5.97 Å². The van der Waals surface area contributed by atoms with E-state index in [-0.39, 0.29) is 18.6 Å². The quantitative estimate of drug-likeness (QED) is 0.680. The molecule has 1 rings (SSSR count). The molecule has 3 nitrogen and oxygen atoms in total. The van der Waals surface area contributed by atoms with E-state index < -0.39 is 11.8 Å². The predicted octanol–water partition coefficient (Wildman–Crippen LogP) is 2.28. The van der Waals surface area contributed by atoms with Gasteiger partial charge in [-0.15, -0.1) is 0 Å². The Labute approximate surface area is 95.5 Å². The number of hydrogen-bond donors (Lipinski definition) is 1. The molecule has 0 saturated carbocycles. The third-order valence-corrected chi connectivity index (χ3v) is 2.49. The third kappa shape index (κ3) is 3.20. The minimum Gasteiger partial charge on any atom is -0.466 e. The molecule has 0 fully saturated rings. The third-order valence-electron chi connectivity index (χ3n) is 1.81. The number of esters is 1. The van der Waals surface area contributed by atoms with E-state index in [2.05, 4.69) is 15.9 Å². The van der Waals surface area contributed by atoms with Crippen LogP contribution in [0.5, 0.6) is 0 Å². The molecule has 0 aliphatic rings. The fourth-order valence-corrected chi connectivity index (χ4v) is 1.43. The van der Waals surface area contributed by atoms with Crippen LogP contribution >= 0.6 is 15.9 Å². The highest BCUT2D eigenvalue weighted by atomic mass is 79.9. The molecule has 5 heteroatoms. The van der Waals surface area contributed by atoms with Crippen molar-refractivity contribution in [3.8, 4) is 0 Å². The standard InChI is InChI=1S/C10H11BrFNO2/c1-2-15-10(14)4-6-3-9(13)7(11)5-8(6)12/h3,5H,2,4,13H2,1H3. The van der Waals surface area contributed by atoms with Crippen molar-refractivity contribution >= 4 is 27.6 Å². The monoisotopic (exact) mass is 275 g/mol. The Morgan fingerprint density at radius 2 is 2.27 bits per heavy atom. The number of benzene rings is 1. The van der Waals surface area contributed by atoms with Crippen LogP contribution in [-0.2, 0) is 16.0 Å². The number of ether oxygens (including phenoxy) is 1. The van der Waals surface area contributed by atoms with Crippen molar-refractivity contribution in [2.45, 2.75) is 13.3 Å².